The second-order valence-electron chi connectivity index (χ2n) is 5.55. The third kappa shape index (κ3) is 6.01. The number of allylic oxidation sites excluding steroid dienone is 2. The molecule has 0 aromatic rings. The molecule has 0 aromatic carbocycles. The van der Waals surface area contributed by atoms with Gasteiger partial charge in [-0.2, -0.15) is 0 Å². The van der Waals surface area contributed by atoms with E-state index in [-0.39, 0.29) is 10.7 Å². The lowest BCUT2D eigenvalue weighted by Gasteiger charge is -2.19. The van der Waals surface area contributed by atoms with Crippen LogP contribution in [-0.4, -0.2) is 13.6 Å². The maximum absolute atomic E-state index is 5.88. The quantitative estimate of drug-likeness (QED) is 0.465. The summed E-state index contributed by atoms with van der Waals surface area (Å²) in [5.41, 5.74) is 2.26. The summed E-state index contributed by atoms with van der Waals surface area (Å²) in [7, 11) is 5.88. The molecule has 0 aromatic heterocycles. The van der Waals surface area contributed by atoms with Crippen LogP contribution in [0, 0.1) is 5.41 Å². The molecule has 0 atom stereocenters. The summed E-state index contributed by atoms with van der Waals surface area (Å²) in [5.74, 6) is 0. The van der Waals surface area contributed by atoms with Crippen LogP contribution in [0.2, 0.25) is 5.31 Å². The number of nitrogens with zero attached hydrogens (tertiary/aromatic N) is 1. The molecule has 0 amide bonds. The Morgan fingerprint density at radius 1 is 1.07 bits per heavy atom. The van der Waals surface area contributed by atoms with E-state index in [0.29, 0.717) is 0 Å². The van der Waals surface area contributed by atoms with Gasteiger partial charge in [-0.15, -0.1) is 0 Å². The third-order valence-electron chi connectivity index (χ3n) is 2.01. The molecule has 78 valence electrons. The van der Waals surface area contributed by atoms with Crippen LogP contribution in [0.4, 0.5) is 0 Å². The summed E-state index contributed by atoms with van der Waals surface area (Å²) in [6.45, 7) is 14.5. The number of rotatable bonds is 2. The van der Waals surface area contributed by atoms with Crippen molar-refractivity contribution in [1.82, 2.24) is 0 Å². The van der Waals surface area contributed by atoms with Crippen molar-refractivity contribution in [1.29, 1.82) is 0 Å². The average Bonchev–Trinajstić information content (AvgIpc) is 1.79. The van der Waals surface area contributed by atoms with Gasteiger partial charge in [-0.1, -0.05) is 46.0 Å². The monoisotopic (exact) mass is 191 g/mol. The summed E-state index contributed by atoms with van der Waals surface area (Å²) < 4.78 is 0. The summed E-state index contributed by atoms with van der Waals surface area (Å²) in [4.78, 5) is 4.53. The molecule has 0 unspecified atom stereocenters. The fourth-order valence-electron chi connectivity index (χ4n) is 1.00. The lowest BCUT2D eigenvalue weighted by atomic mass is 9.72. The highest BCUT2D eigenvalue weighted by Crippen LogP contribution is 2.24. The van der Waals surface area contributed by atoms with Crippen LogP contribution < -0.4 is 0 Å². The molecule has 0 bridgehead atoms. The predicted octanol–water partition coefficient (Wildman–Crippen LogP) is 3.76. The van der Waals surface area contributed by atoms with Crippen LogP contribution in [0.25, 0.3) is 0 Å². The largest absolute Gasteiger partial charge is 0.263 e. The van der Waals surface area contributed by atoms with E-state index in [1.165, 1.54) is 0 Å². The van der Waals surface area contributed by atoms with Crippen LogP contribution in [0.5, 0.6) is 0 Å². The maximum Gasteiger partial charge on any atom is 0.0795 e. The van der Waals surface area contributed by atoms with Crippen LogP contribution in [0.3, 0.4) is 0 Å². The van der Waals surface area contributed by atoms with E-state index in [2.05, 4.69) is 32.7 Å². The molecule has 0 aliphatic rings. The maximum atomic E-state index is 5.88. The summed E-state index contributed by atoms with van der Waals surface area (Å²) >= 11 is 0. The van der Waals surface area contributed by atoms with Gasteiger partial charge in [0.2, 0.25) is 0 Å². The highest BCUT2D eigenvalue weighted by Gasteiger charge is 2.14. The zero-order valence-electron chi connectivity index (χ0n) is 10.6. The van der Waals surface area contributed by atoms with Gasteiger partial charge in [-0.25, -0.2) is 0 Å². The first-order valence-corrected chi connectivity index (χ1v) is 5.06. The Morgan fingerprint density at radius 3 is 1.79 bits per heavy atom. The second-order valence-corrected chi connectivity index (χ2v) is 5.55. The SMILES string of the molecule is [B]C(C)(C)/C=C(/C)N=C(C)C(C)(C)C. The fourth-order valence-corrected chi connectivity index (χ4v) is 1.00. The number of hydrogen-bond donors (Lipinski definition) is 0. The molecule has 0 saturated carbocycles. The van der Waals surface area contributed by atoms with E-state index in [1.54, 1.807) is 0 Å². The number of hydrogen-bond acceptors (Lipinski definition) is 1. The highest BCUT2D eigenvalue weighted by atomic mass is 14.8. The molecule has 0 N–H and O–H groups in total. The molecule has 2 radical (unpaired) electrons. The Labute approximate surface area is 90.1 Å². The van der Waals surface area contributed by atoms with Crippen LogP contribution >= 0.6 is 0 Å². The molecular formula is C12H22BN. The van der Waals surface area contributed by atoms with Gasteiger partial charge in [-0.3, -0.25) is 4.99 Å². The van der Waals surface area contributed by atoms with Crippen molar-refractivity contribution in [3.63, 3.8) is 0 Å². The molecule has 1 nitrogen and oxygen atoms in total. The molecule has 0 spiro atoms. The molecule has 0 heterocycles. The minimum absolute atomic E-state index is 0.133. The second kappa shape index (κ2) is 4.33. The highest BCUT2D eigenvalue weighted by molar-refractivity contribution is 6.16. The minimum atomic E-state index is -0.286. The van der Waals surface area contributed by atoms with Gasteiger partial charge >= 0.3 is 0 Å². The Hall–Kier alpha value is -0.525. The Bertz CT molecular complexity index is 248. The summed E-state index contributed by atoms with van der Waals surface area (Å²) in [5, 5.41) is -0.286. The van der Waals surface area contributed by atoms with Gasteiger partial charge in [0.05, 0.1) is 7.85 Å². The van der Waals surface area contributed by atoms with Crippen LogP contribution in [0.15, 0.2) is 16.8 Å². The van der Waals surface area contributed by atoms with E-state index >= 15 is 0 Å². The van der Waals surface area contributed by atoms with Crippen molar-refractivity contribution in [3.8, 4) is 0 Å². The van der Waals surface area contributed by atoms with Crippen molar-refractivity contribution in [3.05, 3.63) is 11.8 Å². The van der Waals surface area contributed by atoms with E-state index in [4.69, 9.17) is 7.85 Å². The van der Waals surface area contributed by atoms with Gasteiger partial charge < -0.3 is 0 Å². The molecule has 0 aliphatic carbocycles. The van der Waals surface area contributed by atoms with Crippen molar-refractivity contribution >= 4 is 13.6 Å². The van der Waals surface area contributed by atoms with Crippen LogP contribution in [0.1, 0.15) is 48.5 Å². The van der Waals surface area contributed by atoms with Crippen molar-refractivity contribution in [2.75, 3.05) is 0 Å². The number of aliphatic imine (C=N–C) groups is 1. The first kappa shape index (κ1) is 13.5. The fraction of sp³-hybridized carbons (Fsp3) is 0.750. The van der Waals surface area contributed by atoms with Gasteiger partial charge in [-0.05, 0) is 19.3 Å². The topological polar surface area (TPSA) is 12.4 Å². The average molecular weight is 191 g/mol. The first-order chi connectivity index (χ1) is 6.02. The van der Waals surface area contributed by atoms with Crippen molar-refractivity contribution < 1.29 is 0 Å². The van der Waals surface area contributed by atoms with Gasteiger partial charge in [0, 0.05) is 11.4 Å². The molecule has 0 fully saturated rings. The third-order valence-corrected chi connectivity index (χ3v) is 2.01. The Kier molecular flexibility index (Phi) is 4.17. The Morgan fingerprint density at radius 2 is 1.50 bits per heavy atom. The lowest BCUT2D eigenvalue weighted by Crippen LogP contribution is -2.16. The zero-order chi connectivity index (χ0) is 11.6. The van der Waals surface area contributed by atoms with Crippen molar-refractivity contribution in [2.45, 2.75) is 53.8 Å². The molecular weight excluding hydrogens is 169 g/mol. The molecule has 0 aliphatic heterocycles. The van der Waals surface area contributed by atoms with Gasteiger partial charge in [0.15, 0.2) is 0 Å². The lowest BCUT2D eigenvalue weighted by molar-refractivity contribution is 0.587. The minimum Gasteiger partial charge on any atom is -0.263 e. The molecule has 0 saturated heterocycles. The molecule has 14 heavy (non-hydrogen) atoms. The van der Waals surface area contributed by atoms with E-state index in [1.807, 2.05) is 26.8 Å². The van der Waals surface area contributed by atoms with Gasteiger partial charge in [0.1, 0.15) is 0 Å². The normalized spacial score (nSPS) is 15.9. The van der Waals surface area contributed by atoms with E-state index in [0.717, 1.165) is 11.4 Å². The molecule has 2 heteroatoms. The predicted molar refractivity (Wildman–Crippen MR) is 66.1 cm³/mol. The van der Waals surface area contributed by atoms with E-state index < -0.39 is 0 Å². The molecule has 0 rings (SSSR count). The standard InChI is InChI=1S/C12H22BN/c1-9(8-12(6,7)13)14-10(2)11(3,4)5/h8H,1-7H3/b9-8-,14-10?. The summed E-state index contributed by atoms with van der Waals surface area (Å²) in [6, 6.07) is 0. The smallest absolute Gasteiger partial charge is 0.0795 e. The Balaban J connectivity index is 4.77. The van der Waals surface area contributed by atoms with Gasteiger partial charge in [0.25, 0.3) is 0 Å². The van der Waals surface area contributed by atoms with Crippen LogP contribution in [-0.2, 0) is 0 Å². The first-order valence-electron chi connectivity index (χ1n) is 5.06. The van der Waals surface area contributed by atoms with E-state index in [9.17, 15) is 0 Å². The summed E-state index contributed by atoms with van der Waals surface area (Å²) in [6.07, 6.45) is 1.99. The zero-order valence-corrected chi connectivity index (χ0v) is 10.6. The van der Waals surface area contributed by atoms with Crippen molar-refractivity contribution in [2.24, 2.45) is 10.4 Å².